The van der Waals surface area contributed by atoms with Crippen LogP contribution in [0.25, 0.3) is 0 Å². The second-order valence-corrected chi connectivity index (χ2v) is 5.71. The Morgan fingerprint density at radius 3 is 2.40 bits per heavy atom. The molecular weight excluding hydrogens is 260 g/mol. The quantitative estimate of drug-likeness (QED) is 0.602. The molecule has 0 aromatic rings. The number of nitrogens with zero attached hydrogens (tertiary/aromatic N) is 1. The normalized spacial score (nSPS) is 11.2. The van der Waals surface area contributed by atoms with Crippen LogP contribution in [0.3, 0.4) is 0 Å². The van der Waals surface area contributed by atoms with Crippen molar-refractivity contribution in [2.24, 2.45) is 5.41 Å². The van der Waals surface area contributed by atoms with Crippen LogP contribution in [-0.4, -0.2) is 61.8 Å². The molecule has 0 rings (SSSR count). The van der Waals surface area contributed by atoms with Crippen LogP contribution in [0.4, 0.5) is 0 Å². The van der Waals surface area contributed by atoms with Gasteiger partial charge in [-0.3, -0.25) is 9.59 Å². The van der Waals surface area contributed by atoms with Crippen LogP contribution in [0, 0.1) is 5.41 Å². The van der Waals surface area contributed by atoms with Crippen LogP contribution in [0.1, 0.15) is 33.6 Å². The van der Waals surface area contributed by atoms with Gasteiger partial charge in [0, 0.05) is 38.6 Å². The van der Waals surface area contributed by atoms with E-state index in [1.165, 1.54) is 0 Å². The van der Waals surface area contributed by atoms with E-state index in [0.29, 0.717) is 39.1 Å². The van der Waals surface area contributed by atoms with Crippen molar-refractivity contribution in [2.45, 2.75) is 33.6 Å². The maximum Gasteiger partial charge on any atom is 0.225 e. The van der Waals surface area contributed by atoms with Gasteiger partial charge in [0.25, 0.3) is 0 Å². The topological polar surface area (TPSA) is 78.9 Å². The third-order valence-electron chi connectivity index (χ3n) is 2.82. The Labute approximate surface area is 121 Å². The summed E-state index contributed by atoms with van der Waals surface area (Å²) in [6, 6.07) is 0. The average Bonchev–Trinajstić information content (AvgIpc) is 2.37. The van der Waals surface area contributed by atoms with Crippen LogP contribution >= 0.6 is 0 Å². The molecule has 0 fully saturated rings. The number of carbonyl (C=O) groups excluding carboxylic acids is 2. The van der Waals surface area contributed by atoms with Gasteiger partial charge in [-0.25, -0.2) is 0 Å². The van der Waals surface area contributed by atoms with Gasteiger partial charge in [0.15, 0.2) is 0 Å². The molecule has 0 heterocycles. The molecule has 0 aliphatic rings. The van der Waals surface area contributed by atoms with Crippen molar-refractivity contribution in [3.8, 4) is 0 Å². The van der Waals surface area contributed by atoms with E-state index in [1.807, 2.05) is 20.8 Å². The van der Waals surface area contributed by atoms with Crippen molar-refractivity contribution in [2.75, 3.05) is 40.0 Å². The fraction of sp³-hybridized carbons (Fsp3) is 0.857. The highest BCUT2D eigenvalue weighted by Gasteiger charge is 2.20. The molecule has 6 heteroatoms. The van der Waals surface area contributed by atoms with E-state index < -0.39 is 5.41 Å². The number of aliphatic hydroxyl groups is 1. The van der Waals surface area contributed by atoms with Gasteiger partial charge in [-0.2, -0.15) is 0 Å². The second-order valence-electron chi connectivity index (χ2n) is 5.71. The van der Waals surface area contributed by atoms with Crippen molar-refractivity contribution in [1.82, 2.24) is 10.2 Å². The van der Waals surface area contributed by atoms with E-state index >= 15 is 0 Å². The summed E-state index contributed by atoms with van der Waals surface area (Å²) in [6.45, 7) is 7.21. The molecular formula is C14H28N2O4. The number of carbonyl (C=O) groups is 2. The lowest BCUT2D eigenvalue weighted by molar-refractivity contribution is -0.133. The Morgan fingerprint density at radius 1 is 1.25 bits per heavy atom. The number of aliphatic hydroxyl groups excluding tert-OH is 1. The number of hydrogen-bond donors (Lipinski definition) is 2. The number of rotatable bonds is 9. The first-order valence-corrected chi connectivity index (χ1v) is 6.98. The molecule has 6 nitrogen and oxygen atoms in total. The van der Waals surface area contributed by atoms with Crippen LogP contribution in [-0.2, 0) is 14.3 Å². The molecule has 0 atom stereocenters. The Bertz CT molecular complexity index is 300. The summed E-state index contributed by atoms with van der Waals surface area (Å²) in [4.78, 5) is 25.1. The molecule has 2 amide bonds. The van der Waals surface area contributed by atoms with Gasteiger partial charge in [0.1, 0.15) is 0 Å². The Balaban J connectivity index is 3.97. The molecule has 0 saturated carbocycles. The zero-order valence-electron chi connectivity index (χ0n) is 13.1. The van der Waals surface area contributed by atoms with E-state index in [9.17, 15) is 9.59 Å². The minimum Gasteiger partial charge on any atom is -0.395 e. The van der Waals surface area contributed by atoms with E-state index in [4.69, 9.17) is 9.84 Å². The van der Waals surface area contributed by atoms with Crippen molar-refractivity contribution in [1.29, 1.82) is 0 Å². The molecule has 0 aliphatic carbocycles. The summed E-state index contributed by atoms with van der Waals surface area (Å²) in [6.07, 6.45) is 0.948. The van der Waals surface area contributed by atoms with Crippen LogP contribution in [0.2, 0.25) is 0 Å². The first kappa shape index (κ1) is 18.9. The van der Waals surface area contributed by atoms with Gasteiger partial charge in [-0.15, -0.1) is 0 Å². The number of ether oxygens (including phenoxy) is 1. The predicted molar refractivity (Wildman–Crippen MR) is 77.2 cm³/mol. The van der Waals surface area contributed by atoms with Crippen LogP contribution in [0.15, 0.2) is 0 Å². The Morgan fingerprint density at radius 2 is 1.90 bits per heavy atom. The summed E-state index contributed by atoms with van der Waals surface area (Å²) in [5.74, 6) is -0.0438. The van der Waals surface area contributed by atoms with E-state index in [0.717, 1.165) is 0 Å². The zero-order valence-corrected chi connectivity index (χ0v) is 13.1. The summed E-state index contributed by atoms with van der Waals surface area (Å²) < 4.78 is 4.93. The SMILES string of the molecule is COCCN(CCO)C(=O)CCCNC(=O)C(C)(C)C. The lowest BCUT2D eigenvalue weighted by Gasteiger charge is -2.22. The van der Waals surface area contributed by atoms with Gasteiger partial charge in [-0.1, -0.05) is 20.8 Å². The molecule has 0 unspecified atom stereocenters. The van der Waals surface area contributed by atoms with Crippen LogP contribution in [0.5, 0.6) is 0 Å². The monoisotopic (exact) mass is 288 g/mol. The highest BCUT2D eigenvalue weighted by molar-refractivity contribution is 5.81. The van der Waals surface area contributed by atoms with Crippen molar-refractivity contribution < 1.29 is 19.4 Å². The molecule has 20 heavy (non-hydrogen) atoms. The fourth-order valence-electron chi connectivity index (χ4n) is 1.55. The van der Waals surface area contributed by atoms with E-state index in [-0.39, 0.29) is 18.4 Å². The molecule has 118 valence electrons. The number of hydrogen-bond acceptors (Lipinski definition) is 4. The number of nitrogens with one attached hydrogen (secondary N) is 1. The average molecular weight is 288 g/mol. The van der Waals surface area contributed by atoms with Crippen molar-refractivity contribution in [3.63, 3.8) is 0 Å². The Hall–Kier alpha value is -1.14. The minimum absolute atomic E-state index is 0.0171. The minimum atomic E-state index is -0.411. The lowest BCUT2D eigenvalue weighted by Crippen LogP contribution is -2.38. The van der Waals surface area contributed by atoms with Gasteiger partial charge < -0.3 is 20.1 Å². The highest BCUT2D eigenvalue weighted by atomic mass is 16.5. The first-order chi connectivity index (χ1) is 9.32. The molecule has 0 spiro atoms. The fourth-order valence-corrected chi connectivity index (χ4v) is 1.55. The van der Waals surface area contributed by atoms with Gasteiger partial charge in [0.2, 0.25) is 11.8 Å². The maximum atomic E-state index is 11.9. The van der Waals surface area contributed by atoms with E-state index in [1.54, 1.807) is 12.0 Å². The smallest absolute Gasteiger partial charge is 0.225 e. The summed E-state index contributed by atoms with van der Waals surface area (Å²) in [5, 5.41) is 11.7. The third-order valence-corrected chi connectivity index (χ3v) is 2.82. The first-order valence-electron chi connectivity index (χ1n) is 6.98. The molecule has 0 aliphatic heterocycles. The number of amides is 2. The summed E-state index contributed by atoms with van der Waals surface area (Å²) >= 11 is 0. The third kappa shape index (κ3) is 8.12. The van der Waals surface area contributed by atoms with Crippen LogP contribution < -0.4 is 5.32 Å². The van der Waals surface area contributed by atoms with Crippen molar-refractivity contribution in [3.05, 3.63) is 0 Å². The summed E-state index contributed by atoms with van der Waals surface area (Å²) in [7, 11) is 1.57. The van der Waals surface area contributed by atoms with E-state index in [2.05, 4.69) is 5.32 Å². The predicted octanol–water partition coefficient (Wildman–Crippen LogP) is 0.396. The van der Waals surface area contributed by atoms with Gasteiger partial charge >= 0.3 is 0 Å². The molecule has 0 radical (unpaired) electrons. The largest absolute Gasteiger partial charge is 0.395 e. The Kier molecular flexibility index (Phi) is 9.16. The number of methoxy groups -OCH3 is 1. The zero-order chi connectivity index (χ0) is 15.6. The molecule has 2 N–H and O–H groups in total. The lowest BCUT2D eigenvalue weighted by atomic mass is 9.96. The van der Waals surface area contributed by atoms with Gasteiger partial charge in [0.05, 0.1) is 13.2 Å². The highest BCUT2D eigenvalue weighted by Crippen LogP contribution is 2.12. The standard InChI is InChI=1S/C14H28N2O4/c1-14(2,3)13(19)15-7-5-6-12(18)16(8-10-17)9-11-20-4/h17H,5-11H2,1-4H3,(H,15,19). The summed E-state index contributed by atoms with van der Waals surface area (Å²) in [5.41, 5.74) is -0.411. The maximum absolute atomic E-state index is 11.9. The molecule has 0 bridgehead atoms. The van der Waals surface area contributed by atoms with Crippen molar-refractivity contribution >= 4 is 11.8 Å². The molecule has 0 aromatic heterocycles. The molecule has 0 saturated heterocycles. The van der Waals surface area contributed by atoms with Gasteiger partial charge in [-0.05, 0) is 6.42 Å². The second kappa shape index (κ2) is 9.72. The molecule has 0 aromatic carbocycles.